The van der Waals surface area contributed by atoms with Crippen molar-refractivity contribution in [3.05, 3.63) is 11.7 Å². The predicted molar refractivity (Wildman–Crippen MR) is 95.2 cm³/mol. The molecule has 25 heavy (non-hydrogen) atoms. The molecule has 2 aliphatic heterocycles. The summed E-state index contributed by atoms with van der Waals surface area (Å²) >= 11 is 0. The van der Waals surface area contributed by atoms with Crippen molar-refractivity contribution in [2.45, 2.75) is 38.8 Å². The largest absolute Gasteiger partial charge is 0.338 e. The third-order valence-electron chi connectivity index (χ3n) is 4.60. The van der Waals surface area contributed by atoms with Gasteiger partial charge in [-0.3, -0.25) is 4.90 Å². The molecular weight excluding hydrogens is 368 g/mol. The molecule has 2 N–H and O–H groups in total. The van der Waals surface area contributed by atoms with Crippen molar-refractivity contribution in [2.24, 2.45) is 5.73 Å². The lowest BCUT2D eigenvalue weighted by Crippen LogP contribution is -2.53. The molecule has 0 aliphatic carbocycles. The highest BCUT2D eigenvalue weighted by Crippen LogP contribution is 2.18. The molecule has 11 heteroatoms. The minimum atomic E-state index is -3.33. The Labute approximate surface area is 155 Å². The van der Waals surface area contributed by atoms with E-state index < -0.39 is 10.2 Å². The Morgan fingerprint density at radius 2 is 1.56 bits per heavy atom. The van der Waals surface area contributed by atoms with Crippen LogP contribution in [0.4, 0.5) is 0 Å². The van der Waals surface area contributed by atoms with Crippen LogP contribution in [-0.4, -0.2) is 71.3 Å². The Kier molecular flexibility index (Phi) is 7.59. The minimum absolute atomic E-state index is 0. The monoisotopic (exact) mass is 394 g/mol. The van der Waals surface area contributed by atoms with E-state index in [9.17, 15) is 8.42 Å². The van der Waals surface area contributed by atoms with Crippen LogP contribution in [0.1, 0.15) is 37.4 Å². The molecule has 144 valence electrons. The Morgan fingerprint density at radius 3 is 2.12 bits per heavy atom. The lowest BCUT2D eigenvalue weighted by atomic mass is 10.2. The van der Waals surface area contributed by atoms with E-state index in [0.29, 0.717) is 57.5 Å². The van der Waals surface area contributed by atoms with Gasteiger partial charge in [0.25, 0.3) is 10.2 Å². The summed E-state index contributed by atoms with van der Waals surface area (Å²) in [7, 11) is -3.33. The van der Waals surface area contributed by atoms with Crippen LogP contribution in [0.2, 0.25) is 0 Å². The van der Waals surface area contributed by atoms with Crippen molar-refractivity contribution in [3.8, 4) is 0 Å². The van der Waals surface area contributed by atoms with E-state index in [0.717, 1.165) is 25.7 Å². The fourth-order valence-electron chi connectivity index (χ4n) is 3.19. The first-order valence-electron chi connectivity index (χ1n) is 8.58. The van der Waals surface area contributed by atoms with E-state index in [1.165, 1.54) is 0 Å². The molecule has 2 aliphatic rings. The lowest BCUT2D eigenvalue weighted by molar-refractivity contribution is 0.170. The summed E-state index contributed by atoms with van der Waals surface area (Å²) in [6, 6.07) is 0. The van der Waals surface area contributed by atoms with Crippen LogP contribution >= 0.6 is 12.4 Å². The molecule has 3 heterocycles. The van der Waals surface area contributed by atoms with Gasteiger partial charge >= 0.3 is 0 Å². The number of hydrogen-bond acceptors (Lipinski definition) is 7. The van der Waals surface area contributed by atoms with E-state index in [-0.39, 0.29) is 19.0 Å². The first-order chi connectivity index (χ1) is 11.6. The smallest absolute Gasteiger partial charge is 0.282 e. The van der Waals surface area contributed by atoms with Gasteiger partial charge in [0.05, 0.1) is 13.1 Å². The molecule has 0 unspecified atom stereocenters. The molecule has 0 bridgehead atoms. The molecular formula is C14H27ClN6O3S. The van der Waals surface area contributed by atoms with Gasteiger partial charge in [-0.1, -0.05) is 18.0 Å². The van der Waals surface area contributed by atoms with Gasteiger partial charge in [0.2, 0.25) is 5.89 Å². The zero-order chi connectivity index (χ0) is 17.0. The molecule has 1 aromatic heterocycles. The van der Waals surface area contributed by atoms with Crippen LogP contribution in [0, 0.1) is 0 Å². The first-order valence-corrected chi connectivity index (χ1v) is 9.98. The summed E-state index contributed by atoms with van der Waals surface area (Å²) in [5.41, 5.74) is 5.46. The molecule has 9 nitrogen and oxygen atoms in total. The number of hydrogen-bond donors (Lipinski definition) is 1. The van der Waals surface area contributed by atoms with Gasteiger partial charge in [-0.15, -0.1) is 12.4 Å². The normalized spacial score (nSPS) is 21.6. The summed E-state index contributed by atoms with van der Waals surface area (Å²) in [4.78, 5) is 6.33. The number of nitrogens with two attached hydrogens (primary N) is 1. The number of aromatic nitrogens is 2. The number of halogens is 1. The SMILES string of the molecule is Cl.NCc1nc(CN2CCN(S(=O)(=O)N3CCCCCC3)CC2)no1. The van der Waals surface area contributed by atoms with Gasteiger partial charge in [-0.25, -0.2) is 0 Å². The maximum atomic E-state index is 12.8. The summed E-state index contributed by atoms with van der Waals surface area (Å²) in [6.45, 7) is 4.41. The van der Waals surface area contributed by atoms with Gasteiger partial charge < -0.3 is 10.3 Å². The number of rotatable bonds is 5. The zero-order valence-corrected chi connectivity index (χ0v) is 16.0. The van der Waals surface area contributed by atoms with Crippen molar-refractivity contribution in [2.75, 3.05) is 39.3 Å². The fraction of sp³-hybridized carbons (Fsp3) is 0.857. The van der Waals surface area contributed by atoms with E-state index in [4.69, 9.17) is 10.3 Å². The highest BCUT2D eigenvalue weighted by Gasteiger charge is 2.32. The molecule has 0 saturated carbocycles. The summed E-state index contributed by atoms with van der Waals surface area (Å²) in [5.74, 6) is 1.02. The standard InChI is InChI=1S/C14H26N6O3S.ClH/c15-11-14-16-13(17-23-14)12-18-7-9-20(10-8-18)24(21,22)19-5-3-1-2-4-6-19;/h1-12,15H2;1H. The maximum Gasteiger partial charge on any atom is 0.282 e. The topological polar surface area (TPSA) is 109 Å². The molecule has 0 radical (unpaired) electrons. The molecule has 3 rings (SSSR count). The van der Waals surface area contributed by atoms with Gasteiger partial charge in [-0.2, -0.15) is 22.0 Å². The van der Waals surface area contributed by atoms with Crippen molar-refractivity contribution in [1.29, 1.82) is 0 Å². The van der Waals surface area contributed by atoms with Crippen LogP contribution in [0.5, 0.6) is 0 Å². The predicted octanol–water partition coefficient (Wildman–Crippen LogP) is 0.188. The number of piperazine rings is 1. The van der Waals surface area contributed by atoms with Crippen LogP contribution < -0.4 is 5.73 Å². The Hall–Kier alpha value is -0.780. The second-order valence-electron chi connectivity index (χ2n) is 6.30. The minimum Gasteiger partial charge on any atom is -0.338 e. The van der Waals surface area contributed by atoms with Crippen LogP contribution in [0.15, 0.2) is 4.52 Å². The molecule has 0 amide bonds. The highest BCUT2D eigenvalue weighted by molar-refractivity contribution is 7.86. The summed E-state index contributed by atoms with van der Waals surface area (Å²) in [6.07, 6.45) is 4.16. The molecule has 0 aromatic carbocycles. The van der Waals surface area contributed by atoms with E-state index in [2.05, 4.69) is 15.0 Å². The van der Waals surface area contributed by atoms with Crippen LogP contribution in [0.3, 0.4) is 0 Å². The maximum absolute atomic E-state index is 12.8. The quantitative estimate of drug-likeness (QED) is 0.759. The van der Waals surface area contributed by atoms with E-state index >= 15 is 0 Å². The Morgan fingerprint density at radius 1 is 0.960 bits per heavy atom. The fourth-order valence-corrected chi connectivity index (χ4v) is 4.86. The second-order valence-corrected chi connectivity index (χ2v) is 8.23. The Balaban J connectivity index is 0.00000225. The molecule has 0 spiro atoms. The third-order valence-corrected chi connectivity index (χ3v) is 6.63. The third kappa shape index (κ3) is 5.11. The van der Waals surface area contributed by atoms with Gasteiger partial charge in [0, 0.05) is 39.3 Å². The van der Waals surface area contributed by atoms with Gasteiger partial charge in [0.15, 0.2) is 5.82 Å². The van der Waals surface area contributed by atoms with E-state index in [1.807, 2.05) is 0 Å². The van der Waals surface area contributed by atoms with E-state index in [1.54, 1.807) is 8.61 Å². The second kappa shape index (κ2) is 9.24. The first kappa shape index (κ1) is 20.5. The van der Waals surface area contributed by atoms with Crippen molar-refractivity contribution < 1.29 is 12.9 Å². The van der Waals surface area contributed by atoms with Crippen LogP contribution in [0.25, 0.3) is 0 Å². The van der Waals surface area contributed by atoms with Gasteiger partial charge in [0.1, 0.15) is 0 Å². The van der Waals surface area contributed by atoms with Crippen molar-refractivity contribution in [3.63, 3.8) is 0 Å². The molecule has 1 aromatic rings. The molecule has 0 atom stereocenters. The van der Waals surface area contributed by atoms with Gasteiger partial charge in [-0.05, 0) is 12.8 Å². The Bertz CT molecular complexity index is 624. The number of nitrogens with zero attached hydrogens (tertiary/aromatic N) is 5. The average molecular weight is 395 g/mol. The van der Waals surface area contributed by atoms with Crippen molar-refractivity contribution >= 4 is 22.6 Å². The molecule has 2 saturated heterocycles. The highest BCUT2D eigenvalue weighted by atomic mass is 35.5. The average Bonchev–Trinajstić information content (AvgIpc) is 2.86. The lowest BCUT2D eigenvalue weighted by Gasteiger charge is -2.36. The zero-order valence-electron chi connectivity index (χ0n) is 14.3. The van der Waals surface area contributed by atoms with Crippen LogP contribution in [-0.2, 0) is 23.3 Å². The summed E-state index contributed by atoms with van der Waals surface area (Å²) in [5, 5.41) is 3.88. The van der Waals surface area contributed by atoms with Crippen molar-refractivity contribution in [1.82, 2.24) is 23.7 Å². The molecule has 2 fully saturated rings. The summed E-state index contributed by atoms with van der Waals surface area (Å²) < 4.78 is 33.8.